The summed E-state index contributed by atoms with van der Waals surface area (Å²) in [4.78, 5) is 0. The van der Waals surface area contributed by atoms with Crippen molar-refractivity contribution >= 4 is 0 Å². The van der Waals surface area contributed by atoms with Crippen LogP contribution in [-0.4, -0.2) is 39.6 Å². The zero-order chi connectivity index (χ0) is 15.5. The average Bonchev–Trinajstić information content (AvgIpc) is 2.49. The number of methoxy groups -OCH3 is 1. The summed E-state index contributed by atoms with van der Waals surface area (Å²) in [6.07, 6.45) is 1.33. The van der Waals surface area contributed by atoms with Gasteiger partial charge in [0.15, 0.2) is 0 Å². The van der Waals surface area contributed by atoms with Crippen LogP contribution in [0.2, 0.25) is 0 Å². The summed E-state index contributed by atoms with van der Waals surface area (Å²) in [5.74, 6) is 0.896. The van der Waals surface area contributed by atoms with E-state index in [1.54, 1.807) is 7.11 Å². The molecule has 0 aliphatic heterocycles. The molecule has 1 N–H and O–H groups in total. The van der Waals surface area contributed by atoms with Crippen molar-refractivity contribution in [2.45, 2.75) is 39.3 Å². The van der Waals surface area contributed by atoms with Crippen molar-refractivity contribution < 1.29 is 14.2 Å². The SMILES string of the molecule is CCCNC(COCCOC(C)C)c1ccccc1OC. The minimum atomic E-state index is 0.139. The molecule has 0 radical (unpaired) electrons. The van der Waals surface area contributed by atoms with Gasteiger partial charge in [-0.1, -0.05) is 25.1 Å². The average molecular weight is 295 g/mol. The quantitative estimate of drug-likeness (QED) is 0.637. The third kappa shape index (κ3) is 6.93. The first-order valence-corrected chi connectivity index (χ1v) is 7.74. The third-order valence-electron chi connectivity index (χ3n) is 3.12. The van der Waals surface area contributed by atoms with Crippen LogP contribution in [0.4, 0.5) is 0 Å². The van der Waals surface area contributed by atoms with Crippen LogP contribution < -0.4 is 10.1 Å². The molecule has 1 aromatic rings. The van der Waals surface area contributed by atoms with Gasteiger partial charge in [-0.2, -0.15) is 0 Å². The van der Waals surface area contributed by atoms with E-state index in [9.17, 15) is 0 Å². The standard InChI is InChI=1S/C17H29NO3/c1-5-10-18-16(13-20-11-12-21-14(2)3)15-8-6-7-9-17(15)19-4/h6-9,14,16,18H,5,10-13H2,1-4H3. The molecule has 0 saturated carbocycles. The molecule has 0 spiro atoms. The third-order valence-corrected chi connectivity index (χ3v) is 3.12. The molecule has 0 saturated heterocycles. The normalized spacial score (nSPS) is 12.6. The van der Waals surface area contributed by atoms with Crippen LogP contribution in [0.1, 0.15) is 38.8 Å². The summed E-state index contributed by atoms with van der Waals surface area (Å²) >= 11 is 0. The van der Waals surface area contributed by atoms with Gasteiger partial charge in [0.1, 0.15) is 5.75 Å². The second-order valence-corrected chi connectivity index (χ2v) is 5.24. The Hall–Kier alpha value is -1.10. The first-order chi connectivity index (χ1) is 10.2. The Bertz CT molecular complexity index is 382. The molecule has 0 bridgehead atoms. The van der Waals surface area contributed by atoms with Crippen molar-refractivity contribution in [3.63, 3.8) is 0 Å². The summed E-state index contributed by atoms with van der Waals surface area (Å²) in [6, 6.07) is 8.22. The molecule has 0 aliphatic carbocycles. The maximum absolute atomic E-state index is 5.75. The van der Waals surface area contributed by atoms with Crippen molar-refractivity contribution in [3.8, 4) is 5.75 Å². The van der Waals surface area contributed by atoms with E-state index in [0.717, 1.165) is 24.3 Å². The highest BCUT2D eigenvalue weighted by molar-refractivity contribution is 5.35. The highest BCUT2D eigenvalue weighted by Gasteiger charge is 2.15. The van der Waals surface area contributed by atoms with Gasteiger partial charge >= 0.3 is 0 Å². The molecule has 1 aromatic carbocycles. The van der Waals surface area contributed by atoms with E-state index in [0.29, 0.717) is 19.8 Å². The molecule has 0 heterocycles. The van der Waals surface area contributed by atoms with E-state index in [2.05, 4.69) is 18.3 Å². The van der Waals surface area contributed by atoms with E-state index in [1.807, 2.05) is 32.0 Å². The second kappa shape index (κ2) is 10.6. The van der Waals surface area contributed by atoms with Gasteiger partial charge in [-0.15, -0.1) is 0 Å². The van der Waals surface area contributed by atoms with E-state index in [4.69, 9.17) is 14.2 Å². The molecule has 120 valence electrons. The Morgan fingerprint density at radius 1 is 1.14 bits per heavy atom. The molecule has 0 fully saturated rings. The van der Waals surface area contributed by atoms with Crippen molar-refractivity contribution in [3.05, 3.63) is 29.8 Å². The largest absolute Gasteiger partial charge is 0.496 e. The van der Waals surface area contributed by atoms with Gasteiger partial charge in [-0.05, 0) is 32.9 Å². The lowest BCUT2D eigenvalue weighted by Gasteiger charge is -2.21. The Balaban J connectivity index is 2.54. The van der Waals surface area contributed by atoms with Gasteiger partial charge < -0.3 is 19.5 Å². The summed E-state index contributed by atoms with van der Waals surface area (Å²) in [5, 5.41) is 3.51. The maximum atomic E-state index is 5.75. The molecule has 21 heavy (non-hydrogen) atoms. The van der Waals surface area contributed by atoms with Gasteiger partial charge in [0.05, 0.1) is 39.1 Å². The van der Waals surface area contributed by atoms with Crippen molar-refractivity contribution in [2.75, 3.05) is 33.5 Å². The van der Waals surface area contributed by atoms with E-state index >= 15 is 0 Å². The lowest BCUT2D eigenvalue weighted by atomic mass is 10.1. The predicted octanol–water partition coefficient (Wildman–Crippen LogP) is 3.18. The molecule has 4 nitrogen and oxygen atoms in total. The first-order valence-electron chi connectivity index (χ1n) is 7.74. The van der Waals surface area contributed by atoms with Crippen LogP contribution in [-0.2, 0) is 9.47 Å². The molecule has 0 aromatic heterocycles. The fourth-order valence-electron chi connectivity index (χ4n) is 2.08. The zero-order valence-electron chi connectivity index (χ0n) is 13.7. The smallest absolute Gasteiger partial charge is 0.123 e. The Kier molecular flexibility index (Phi) is 9.06. The number of nitrogens with one attached hydrogen (secondary N) is 1. The summed E-state index contributed by atoms with van der Waals surface area (Å²) < 4.78 is 16.7. The first kappa shape index (κ1) is 18.0. The highest BCUT2D eigenvalue weighted by Crippen LogP contribution is 2.25. The van der Waals surface area contributed by atoms with E-state index in [1.165, 1.54) is 0 Å². The Labute approximate surface area is 128 Å². The number of ether oxygens (including phenoxy) is 3. The topological polar surface area (TPSA) is 39.7 Å². The summed E-state index contributed by atoms with van der Waals surface area (Å²) in [6.45, 7) is 9.02. The highest BCUT2D eigenvalue weighted by atomic mass is 16.5. The molecular weight excluding hydrogens is 266 g/mol. The lowest BCUT2D eigenvalue weighted by Crippen LogP contribution is -2.27. The molecule has 4 heteroatoms. The monoisotopic (exact) mass is 295 g/mol. The van der Waals surface area contributed by atoms with Gasteiger partial charge in [0, 0.05) is 5.56 Å². The second-order valence-electron chi connectivity index (χ2n) is 5.24. The van der Waals surface area contributed by atoms with Crippen molar-refractivity contribution in [1.82, 2.24) is 5.32 Å². The van der Waals surface area contributed by atoms with E-state index < -0.39 is 0 Å². The number of benzene rings is 1. The van der Waals surface area contributed by atoms with Gasteiger partial charge in [-0.25, -0.2) is 0 Å². The fourth-order valence-corrected chi connectivity index (χ4v) is 2.08. The summed E-state index contributed by atoms with van der Waals surface area (Å²) in [5.41, 5.74) is 1.14. The van der Waals surface area contributed by atoms with Crippen LogP contribution in [0.15, 0.2) is 24.3 Å². The van der Waals surface area contributed by atoms with Crippen LogP contribution in [0, 0.1) is 0 Å². The zero-order valence-corrected chi connectivity index (χ0v) is 13.7. The Morgan fingerprint density at radius 2 is 1.90 bits per heavy atom. The van der Waals surface area contributed by atoms with Crippen LogP contribution in [0.25, 0.3) is 0 Å². The van der Waals surface area contributed by atoms with Crippen molar-refractivity contribution in [1.29, 1.82) is 0 Å². The van der Waals surface area contributed by atoms with Gasteiger partial charge in [0.2, 0.25) is 0 Å². The number of hydrogen-bond donors (Lipinski definition) is 1. The molecule has 0 aliphatic rings. The number of rotatable bonds is 11. The maximum Gasteiger partial charge on any atom is 0.123 e. The molecule has 0 amide bonds. The van der Waals surface area contributed by atoms with Gasteiger partial charge in [-0.3, -0.25) is 0 Å². The summed E-state index contributed by atoms with van der Waals surface area (Å²) in [7, 11) is 1.70. The fraction of sp³-hybridized carbons (Fsp3) is 0.647. The van der Waals surface area contributed by atoms with E-state index in [-0.39, 0.29) is 12.1 Å². The van der Waals surface area contributed by atoms with Gasteiger partial charge in [0.25, 0.3) is 0 Å². The minimum Gasteiger partial charge on any atom is -0.496 e. The number of para-hydroxylation sites is 1. The van der Waals surface area contributed by atoms with Crippen molar-refractivity contribution in [2.24, 2.45) is 0 Å². The molecule has 1 unspecified atom stereocenters. The molecule has 1 atom stereocenters. The Morgan fingerprint density at radius 3 is 2.57 bits per heavy atom. The van der Waals surface area contributed by atoms with Crippen LogP contribution in [0.3, 0.4) is 0 Å². The van der Waals surface area contributed by atoms with Crippen LogP contribution >= 0.6 is 0 Å². The molecular formula is C17H29NO3. The van der Waals surface area contributed by atoms with Crippen LogP contribution in [0.5, 0.6) is 5.75 Å². The minimum absolute atomic E-state index is 0.139. The lowest BCUT2D eigenvalue weighted by molar-refractivity contribution is 0.0136. The number of hydrogen-bond acceptors (Lipinski definition) is 4. The molecule has 1 rings (SSSR count). The predicted molar refractivity (Wildman–Crippen MR) is 85.9 cm³/mol.